The van der Waals surface area contributed by atoms with Crippen molar-refractivity contribution in [2.45, 2.75) is 73.8 Å². The predicted octanol–water partition coefficient (Wildman–Crippen LogP) is 3.40. The third-order valence-electron chi connectivity index (χ3n) is 3.76. The van der Waals surface area contributed by atoms with Crippen LogP contribution in [0, 0.1) is 23.7 Å². The number of aliphatic carboxylic acids is 2. The van der Waals surface area contributed by atoms with Crippen LogP contribution >= 0.6 is 0 Å². The number of hydrogen-bond acceptors (Lipinski definition) is 5. The standard InChI is InChI=1S/C12H22O3.C7H12O4/c1-8(10(3)13)7-9(2)11(14)15-12(4,5)6;1-4(6(8)9)3-5(2)7(10)11/h8-9H,7H2,1-6H3;4-5H,3H2,1-2H3,(H,8,9)(H,10,11). The van der Waals surface area contributed by atoms with Gasteiger partial charge in [0.1, 0.15) is 11.4 Å². The fourth-order valence-corrected chi connectivity index (χ4v) is 1.93. The van der Waals surface area contributed by atoms with E-state index in [1.807, 2.05) is 27.7 Å². The first kappa shape index (κ1) is 26.3. The average Bonchev–Trinajstić information content (AvgIpc) is 2.45. The largest absolute Gasteiger partial charge is 0.481 e. The molecule has 4 unspecified atom stereocenters. The summed E-state index contributed by atoms with van der Waals surface area (Å²) in [5.41, 5.74) is -0.454. The van der Waals surface area contributed by atoms with Crippen LogP contribution in [0.2, 0.25) is 0 Å². The first-order valence-corrected chi connectivity index (χ1v) is 8.77. The van der Waals surface area contributed by atoms with E-state index in [1.54, 1.807) is 13.8 Å². The Morgan fingerprint density at radius 3 is 1.38 bits per heavy atom. The topological polar surface area (TPSA) is 118 Å². The number of rotatable bonds is 8. The van der Waals surface area contributed by atoms with Crippen LogP contribution in [0.4, 0.5) is 0 Å². The van der Waals surface area contributed by atoms with Crippen molar-refractivity contribution in [2.24, 2.45) is 23.7 Å². The SMILES string of the molecule is CC(=O)C(C)CC(C)C(=O)OC(C)(C)C.CC(CC(C)C(=O)O)C(=O)O. The summed E-state index contributed by atoms with van der Waals surface area (Å²) < 4.78 is 5.23. The van der Waals surface area contributed by atoms with Gasteiger partial charge in [-0.2, -0.15) is 0 Å². The second-order valence-electron chi connectivity index (χ2n) is 7.90. The molecule has 7 heteroatoms. The highest BCUT2D eigenvalue weighted by Gasteiger charge is 2.24. The lowest BCUT2D eigenvalue weighted by Gasteiger charge is -2.23. The maximum absolute atomic E-state index is 11.6. The summed E-state index contributed by atoms with van der Waals surface area (Å²) >= 11 is 0. The summed E-state index contributed by atoms with van der Waals surface area (Å²) in [6.07, 6.45) is 0.745. The molecule has 0 fully saturated rings. The maximum atomic E-state index is 11.6. The van der Waals surface area contributed by atoms with Crippen molar-refractivity contribution in [1.82, 2.24) is 0 Å². The van der Waals surface area contributed by atoms with Gasteiger partial charge in [-0.15, -0.1) is 0 Å². The van der Waals surface area contributed by atoms with Crippen LogP contribution in [0.5, 0.6) is 0 Å². The highest BCUT2D eigenvalue weighted by atomic mass is 16.6. The van der Waals surface area contributed by atoms with E-state index < -0.39 is 29.4 Å². The molecule has 26 heavy (non-hydrogen) atoms. The van der Waals surface area contributed by atoms with Gasteiger partial charge >= 0.3 is 17.9 Å². The van der Waals surface area contributed by atoms with Crippen LogP contribution < -0.4 is 0 Å². The lowest BCUT2D eigenvalue weighted by atomic mass is 9.94. The van der Waals surface area contributed by atoms with E-state index in [0.717, 1.165) is 0 Å². The van der Waals surface area contributed by atoms with Crippen molar-refractivity contribution in [1.29, 1.82) is 0 Å². The fourth-order valence-electron chi connectivity index (χ4n) is 1.93. The van der Waals surface area contributed by atoms with E-state index in [1.165, 1.54) is 13.8 Å². The van der Waals surface area contributed by atoms with Crippen LogP contribution in [-0.4, -0.2) is 39.5 Å². The molecule has 0 aromatic heterocycles. The molecular formula is C19H34O7. The summed E-state index contributed by atoms with van der Waals surface area (Å²) in [6.45, 7) is 13.7. The Hall–Kier alpha value is -1.92. The first-order valence-electron chi connectivity index (χ1n) is 8.77. The first-order chi connectivity index (χ1) is 11.6. The van der Waals surface area contributed by atoms with Gasteiger partial charge < -0.3 is 14.9 Å². The van der Waals surface area contributed by atoms with Gasteiger partial charge in [0.05, 0.1) is 17.8 Å². The lowest BCUT2D eigenvalue weighted by Crippen LogP contribution is -2.29. The van der Waals surface area contributed by atoms with Crippen LogP contribution in [0.1, 0.15) is 68.2 Å². The molecule has 4 atom stereocenters. The number of Topliss-reactive ketones (excluding diaryl/α,β-unsaturated/α-hetero) is 1. The number of carbonyl (C=O) groups excluding carboxylic acids is 2. The molecule has 0 saturated carbocycles. The number of ketones is 1. The zero-order chi connectivity index (χ0) is 21.2. The fraction of sp³-hybridized carbons (Fsp3) is 0.789. The molecule has 0 heterocycles. The molecule has 0 radical (unpaired) electrons. The highest BCUT2D eigenvalue weighted by Crippen LogP contribution is 2.17. The number of carboxylic acids is 2. The van der Waals surface area contributed by atoms with Gasteiger partial charge in [0.15, 0.2) is 0 Å². The molecule has 0 bridgehead atoms. The number of carbonyl (C=O) groups is 4. The molecule has 0 aromatic carbocycles. The second-order valence-corrected chi connectivity index (χ2v) is 7.90. The van der Waals surface area contributed by atoms with Crippen LogP contribution in [0.3, 0.4) is 0 Å². The van der Waals surface area contributed by atoms with Crippen LogP contribution in [0.25, 0.3) is 0 Å². The van der Waals surface area contributed by atoms with Gasteiger partial charge in [0, 0.05) is 5.92 Å². The van der Waals surface area contributed by atoms with Crippen molar-refractivity contribution in [3.8, 4) is 0 Å². The zero-order valence-electron chi connectivity index (χ0n) is 17.2. The van der Waals surface area contributed by atoms with Gasteiger partial charge in [0.25, 0.3) is 0 Å². The van der Waals surface area contributed by atoms with Gasteiger partial charge in [-0.3, -0.25) is 19.2 Å². The highest BCUT2D eigenvalue weighted by molar-refractivity contribution is 5.79. The number of hydrogen-bond donors (Lipinski definition) is 2. The molecule has 0 aliphatic rings. The monoisotopic (exact) mass is 374 g/mol. The van der Waals surface area contributed by atoms with E-state index in [2.05, 4.69) is 0 Å². The summed E-state index contributed by atoms with van der Waals surface area (Å²) in [5.74, 6) is -3.46. The minimum atomic E-state index is -0.946. The third kappa shape index (κ3) is 13.4. The molecule has 0 aliphatic carbocycles. The van der Waals surface area contributed by atoms with Gasteiger partial charge in [0.2, 0.25) is 0 Å². The predicted molar refractivity (Wildman–Crippen MR) is 97.7 cm³/mol. The number of carboxylic acid groups (broad SMARTS) is 2. The van der Waals surface area contributed by atoms with Crippen LogP contribution in [0.15, 0.2) is 0 Å². The Kier molecular flexibility index (Phi) is 11.8. The molecule has 152 valence electrons. The quantitative estimate of drug-likeness (QED) is 0.625. The normalized spacial score (nSPS) is 15.5. The minimum Gasteiger partial charge on any atom is -0.481 e. The van der Waals surface area contributed by atoms with E-state index in [9.17, 15) is 19.2 Å². The summed E-state index contributed by atoms with van der Waals surface area (Å²) in [4.78, 5) is 43.1. The Bertz CT molecular complexity index is 473. The molecule has 7 nitrogen and oxygen atoms in total. The Balaban J connectivity index is 0. The average molecular weight is 374 g/mol. The molecule has 0 amide bonds. The van der Waals surface area contributed by atoms with Crippen molar-refractivity contribution >= 4 is 23.7 Å². The number of ether oxygens (including phenoxy) is 1. The van der Waals surface area contributed by atoms with Crippen molar-refractivity contribution < 1.29 is 34.1 Å². The van der Waals surface area contributed by atoms with E-state index >= 15 is 0 Å². The van der Waals surface area contributed by atoms with Crippen molar-refractivity contribution in [2.75, 3.05) is 0 Å². The van der Waals surface area contributed by atoms with Gasteiger partial charge in [-0.05, 0) is 40.5 Å². The summed E-state index contributed by atoms with van der Waals surface area (Å²) in [6, 6.07) is 0. The van der Waals surface area contributed by atoms with Gasteiger partial charge in [-0.1, -0.05) is 27.7 Å². The van der Waals surface area contributed by atoms with E-state index in [-0.39, 0.29) is 30.0 Å². The minimum absolute atomic E-state index is 0.0764. The summed E-state index contributed by atoms with van der Waals surface area (Å²) in [7, 11) is 0. The molecule has 0 spiro atoms. The molecule has 0 aliphatic heterocycles. The third-order valence-corrected chi connectivity index (χ3v) is 3.76. The summed E-state index contributed by atoms with van der Waals surface area (Å²) in [5, 5.41) is 16.8. The van der Waals surface area contributed by atoms with E-state index in [4.69, 9.17) is 14.9 Å². The molecule has 0 aromatic rings. The van der Waals surface area contributed by atoms with Crippen molar-refractivity contribution in [3.05, 3.63) is 0 Å². The maximum Gasteiger partial charge on any atom is 0.309 e. The smallest absolute Gasteiger partial charge is 0.309 e. The number of esters is 1. The van der Waals surface area contributed by atoms with Crippen molar-refractivity contribution in [3.63, 3.8) is 0 Å². The Morgan fingerprint density at radius 1 is 0.769 bits per heavy atom. The zero-order valence-corrected chi connectivity index (χ0v) is 17.2. The second kappa shape index (κ2) is 11.6. The molecule has 0 saturated heterocycles. The molecular weight excluding hydrogens is 340 g/mol. The van der Waals surface area contributed by atoms with E-state index in [0.29, 0.717) is 6.42 Å². The van der Waals surface area contributed by atoms with Crippen LogP contribution in [-0.2, 0) is 23.9 Å². The Labute approximate surface area is 156 Å². The lowest BCUT2D eigenvalue weighted by molar-refractivity contribution is -0.160. The molecule has 2 N–H and O–H groups in total. The molecule has 0 rings (SSSR count). The Morgan fingerprint density at radius 2 is 1.12 bits per heavy atom. The van der Waals surface area contributed by atoms with Gasteiger partial charge in [-0.25, -0.2) is 0 Å².